The van der Waals surface area contributed by atoms with Crippen molar-refractivity contribution in [1.82, 2.24) is 0 Å². The maximum atomic E-state index is 12.2. The molecule has 0 bridgehead atoms. The van der Waals surface area contributed by atoms with Gasteiger partial charge in [-0.15, -0.1) is 0 Å². The number of hydrogen-bond acceptors (Lipinski definition) is 5. The normalized spacial score (nSPS) is 11.4. The average Bonchev–Trinajstić information content (AvgIpc) is 2.61. The highest BCUT2D eigenvalue weighted by atomic mass is 35.5. The van der Waals surface area contributed by atoms with Crippen LogP contribution in [0.5, 0.6) is 11.5 Å². The van der Waals surface area contributed by atoms with Crippen molar-refractivity contribution >= 4 is 29.2 Å². The van der Waals surface area contributed by atoms with Crippen molar-refractivity contribution in [3.63, 3.8) is 0 Å². The van der Waals surface area contributed by atoms with Gasteiger partial charge in [0.25, 0.3) is 5.91 Å². The lowest BCUT2D eigenvalue weighted by molar-refractivity contribution is -0.155. The second kappa shape index (κ2) is 9.10. The van der Waals surface area contributed by atoms with E-state index in [9.17, 15) is 9.59 Å². The van der Waals surface area contributed by atoms with E-state index >= 15 is 0 Å². The smallest absolute Gasteiger partial charge is 0.344 e. The van der Waals surface area contributed by atoms with Gasteiger partial charge in [-0.25, -0.2) is 4.79 Å². The third kappa shape index (κ3) is 5.39. The van der Waals surface area contributed by atoms with Gasteiger partial charge in [0, 0.05) is 5.02 Å². The maximum Gasteiger partial charge on any atom is 0.344 e. The van der Waals surface area contributed by atoms with Crippen LogP contribution in [-0.2, 0) is 14.3 Å². The van der Waals surface area contributed by atoms with Gasteiger partial charge in [0.15, 0.2) is 12.7 Å². The van der Waals surface area contributed by atoms with Gasteiger partial charge in [0.05, 0.1) is 12.8 Å². The van der Waals surface area contributed by atoms with Gasteiger partial charge in [0.2, 0.25) is 0 Å². The number of hydrogen-bond donors (Lipinski definition) is 1. The zero-order chi connectivity index (χ0) is 19.1. The van der Waals surface area contributed by atoms with Gasteiger partial charge in [-0.2, -0.15) is 0 Å². The predicted molar refractivity (Wildman–Crippen MR) is 98.9 cm³/mol. The van der Waals surface area contributed by atoms with Crippen molar-refractivity contribution in [2.75, 3.05) is 19.0 Å². The first-order chi connectivity index (χ1) is 12.4. The Kier molecular flexibility index (Phi) is 6.86. The maximum absolute atomic E-state index is 12.2. The van der Waals surface area contributed by atoms with E-state index in [1.165, 1.54) is 14.0 Å². The lowest BCUT2D eigenvalue weighted by Gasteiger charge is -2.16. The van der Waals surface area contributed by atoms with Crippen LogP contribution in [0.25, 0.3) is 0 Å². The Labute approximate surface area is 157 Å². The highest BCUT2D eigenvalue weighted by Gasteiger charge is 2.20. The van der Waals surface area contributed by atoms with Crippen molar-refractivity contribution in [2.24, 2.45) is 0 Å². The second-order valence-electron chi connectivity index (χ2n) is 5.52. The van der Waals surface area contributed by atoms with Gasteiger partial charge in [-0.1, -0.05) is 29.8 Å². The monoisotopic (exact) mass is 377 g/mol. The molecule has 0 aromatic heterocycles. The molecule has 2 rings (SSSR count). The third-order valence-corrected chi connectivity index (χ3v) is 3.77. The second-order valence-corrected chi connectivity index (χ2v) is 5.96. The molecular weight excluding hydrogens is 358 g/mol. The lowest BCUT2D eigenvalue weighted by atomic mass is 10.2. The number of anilines is 1. The topological polar surface area (TPSA) is 73.9 Å². The number of aryl methyl sites for hydroxylation is 1. The van der Waals surface area contributed by atoms with Crippen LogP contribution in [0, 0.1) is 6.92 Å². The van der Waals surface area contributed by atoms with Crippen LogP contribution in [0.3, 0.4) is 0 Å². The largest absolute Gasteiger partial charge is 0.495 e. The van der Waals surface area contributed by atoms with E-state index in [1.807, 2.05) is 25.1 Å². The Morgan fingerprint density at radius 3 is 2.58 bits per heavy atom. The highest BCUT2D eigenvalue weighted by molar-refractivity contribution is 6.31. The van der Waals surface area contributed by atoms with Crippen LogP contribution in [0.15, 0.2) is 42.5 Å². The Bertz CT molecular complexity index is 793. The van der Waals surface area contributed by atoms with E-state index < -0.39 is 18.0 Å². The molecule has 0 saturated heterocycles. The molecule has 0 fully saturated rings. The molecule has 1 N–H and O–H groups in total. The molecule has 2 aromatic rings. The summed E-state index contributed by atoms with van der Waals surface area (Å²) in [5.41, 5.74) is 1.29. The molecule has 0 saturated carbocycles. The molecule has 0 aliphatic rings. The van der Waals surface area contributed by atoms with Gasteiger partial charge >= 0.3 is 5.97 Å². The van der Waals surface area contributed by atoms with E-state index in [2.05, 4.69) is 5.32 Å². The predicted octanol–water partition coefficient (Wildman–Crippen LogP) is 3.61. The lowest BCUT2D eigenvalue weighted by Crippen LogP contribution is -2.31. The summed E-state index contributed by atoms with van der Waals surface area (Å²) in [6.45, 7) is 3.05. The minimum Gasteiger partial charge on any atom is -0.495 e. The van der Waals surface area contributed by atoms with Crippen LogP contribution in [-0.4, -0.2) is 31.7 Å². The van der Waals surface area contributed by atoms with Gasteiger partial charge < -0.3 is 19.5 Å². The minimum atomic E-state index is -1.01. The Balaban J connectivity index is 1.89. The summed E-state index contributed by atoms with van der Waals surface area (Å²) in [4.78, 5) is 24.1. The van der Waals surface area contributed by atoms with E-state index in [-0.39, 0.29) is 6.61 Å². The van der Waals surface area contributed by atoms with Gasteiger partial charge in [-0.3, -0.25) is 4.79 Å². The van der Waals surface area contributed by atoms with Crippen molar-refractivity contribution in [3.05, 3.63) is 53.1 Å². The Morgan fingerprint density at radius 1 is 1.15 bits per heavy atom. The number of carbonyl (C=O) groups is 2. The zero-order valence-corrected chi connectivity index (χ0v) is 15.5. The summed E-state index contributed by atoms with van der Waals surface area (Å²) >= 11 is 5.92. The van der Waals surface area contributed by atoms with Crippen molar-refractivity contribution < 1.29 is 23.8 Å². The molecule has 0 unspecified atom stereocenters. The van der Waals surface area contributed by atoms with E-state index in [0.717, 1.165) is 5.56 Å². The number of methoxy groups -OCH3 is 1. The Hall–Kier alpha value is -2.73. The van der Waals surface area contributed by atoms with Gasteiger partial charge in [-0.05, 0) is 43.7 Å². The van der Waals surface area contributed by atoms with Crippen LogP contribution in [0.4, 0.5) is 5.69 Å². The number of nitrogens with one attached hydrogen (secondary N) is 1. The van der Waals surface area contributed by atoms with Crippen molar-refractivity contribution in [2.45, 2.75) is 20.0 Å². The van der Waals surface area contributed by atoms with Crippen LogP contribution in [0.1, 0.15) is 12.5 Å². The molecule has 1 amide bonds. The molecule has 0 aliphatic carbocycles. The van der Waals surface area contributed by atoms with Crippen LogP contribution in [0.2, 0.25) is 5.02 Å². The van der Waals surface area contributed by atoms with E-state index in [1.54, 1.807) is 24.3 Å². The molecule has 138 valence electrons. The fourth-order valence-corrected chi connectivity index (χ4v) is 2.32. The fraction of sp³-hybridized carbons (Fsp3) is 0.263. The first-order valence-corrected chi connectivity index (χ1v) is 8.31. The number of carbonyl (C=O) groups excluding carboxylic acids is 2. The van der Waals surface area contributed by atoms with Crippen LogP contribution >= 0.6 is 11.6 Å². The van der Waals surface area contributed by atoms with Crippen molar-refractivity contribution in [3.8, 4) is 11.5 Å². The summed E-state index contributed by atoms with van der Waals surface area (Å²) in [5, 5.41) is 3.07. The summed E-state index contributed by atoms with van der Waals surface area (Å²) in [5.74, 6) is -0.113. The highest BCUT2D eigenvalue weighted by Crippen LogP contribution is 2.27. The molecule has 6 nitrogen and oxygen atoms in total. The molecular formula is C19H20ClNO5. The number of benzene rings is 2. The summed E-state index contributed by atoms with van der Waals surface area (Å²) in [6, 6.07) is 12.1. The molecule has 7 heteroatoms. The summed E-state index contributed by atoms with van der Waals surface area (Å²) in [7, 11) is 1.48. The number of para-hydroxylation sites is 1. The quantitative estimate of drug-likeness (QED) is 0.746. The van der Waals surface area contributed by atoms with E-state index in [4.69, 9.17) is 25.8 Å². The van der Waals surface area contributed by atoms with Gasteiger partial charge in [0.1, 0.15) is 11.5 Å². The Morgan fingerprint density at radius 2 is 1.88 bits per heavy atom. The molecule has 26 heavy (non-hydrogen) atoms. The summed E-state index contributed by atoms with van der Waals surface area (Å²) in [6.07, 6.45) is -1.01. The minimum absolute atomic E-state index is 0.289. The third-order valence-electron chi connectivity index (χ3n) is 3.54. The number of halogens is 1. The molecule has 0 aliphatic heterocycles. The molecule has 1 atom stereocenters. The summed E-state index contributed by atoms with van der Waals surface area (Å²) < 4.78 is 15.7. The molecule has 0 heterocycles. The molecule has 2 aromatic carbocycles. The molecule has 0 radical (unpaired) electrons. The number of ether oxygens (including phenoxy) is 3. The SMILES string of the molecule is COc1ccc(Cl)cc1NC(=O)[C@@H](C)OC(=O)COc1ccccc1C. The van der Waals surface area contributed by atoms with Crippen molar-refractivity contribution in [1.29, 1.82) is 0 Å². The van der Waals surface area contributed by atoms with Crippen LogP contribution < -0.4 is 14.8 Å². The molecule has 0 spiro atoms. The first kappa shape index (κ1) is 19.6. The number of amides is 1. The fourth-order valence-electron chi connectivity index (χ4n) is 2.15. The number of esters is 1. The average molecular weight is 378 g/mol. The zero-order valence-electron chi connectivity index (χ0n) is 14.7. The number of rotatable bonds is 7. The van der Waals surface area contributed by atoms with E-state index in [0.29, 0.717) is 22.2 Å². The first-order valence-electron chi connectivity index (χ1n) is 7.93. The standard InChI is InChI=1S/C19H20ClNO5/c1-12-6-4-5-7-16(12)25-11-18(22)26-13(2)19(23)21-15-10-14(20)8-9-17(15)24-3/h4-10,13H,11H2,1-3H3,(H,21,23)/t13-/m1/s1.